The fourth-order valence-electron chi connectivity index (χ4n) is 2.95. The summed E-state index contributed by atoms with van der Waals surface area (Å²) in [5.41, 5.74) is 6.34. The first-order chi connectivity index (χ1) is 11.8. The highest BCUT2D eigenvalue weighted by molar-refractivity contribution is 7.89. The molecule has 2 atom stereocenters. The fraction of sp³-hybridized carbons (Fsp3) is 0.500. The average Bonchev–Trinajstić information content (AvgIpc) is 3.05. The molecule has 2 aromatic rings. The molecule has 1 saturated heterocycles. The predicted molar refractivity (Wildman–Crippen MR) is 94.2 cm³/mol. The van der Waals surface area contributed by atoms with Crippen LogP contribution in [0, 0.1) is 5.92 Å². The van der Waals surface area contributed by atoms with Gasteiger partial charge in [-0.25, -0.2) is 13.4 Å². The Hall–Kier alpha value is -1.97. The monoisotopic (exact) mass is 365 g/mol. The van der Waals surface area contributed by atoms with Crippen molar-refractivity contribution in [1.82, 2.24) is 19.2 Å². The molecule has 3 rings (SSSR count). The number of sulfonamides is 1. The Morgan fingerprint density at radius 3 is 2.60 bits per heavy atom. The Balaban J connectivity index is 1.75. The van der Waals surface area contributed by atoms with E-state index < -0.39 is 10.0 Å². The minimum absolute atomic E-state index is 0.0247. The maximum atomic E-state index is 12.9. The van der Waals surface area contributed by atoms with Crippen LogP contribution in [0.1, 0.15) is 13.8 Å². The number of hydrogen-bond donors (Lipinski definition) is 2. The van der Waals surface area contributed by atoms with Gasteiger partial charge in [0, 0.05) is 50.0 Å². The Bertz CT molecular complexity index is 869. The third kappa shape index (κ3) is 3.26. The summed E-state index contributed by atoms with van der Waals surface area (Å²) < 4.78 is 27.3. The van der Waals surface area contributed by atoms with Crippen molar-refractivity contribution in [2.24, 2.45) is 11.7 Å². The standard InChI is InChI=1S/C16H23N5O3S/c1-11(12(2)17)16(22)20-6-8-21(9-7-20)25(23,24)14-10-19-15-13(14)4-3-5-18-15/h3-5,10-12H,6-9,17H2,1-2H3,(H,18,19). The van der Waals surface area contributed by atoms with Crippen LogP contribution in [0.2, 0.25) is 0 Å². The maximum Gasteiger partial charge on any atom is 0.245 e. The summed E-state index contributed by atoms with van der Waals surface area (Å²) in [6.45, 7) is 4.88. The third-order valence-corrected chi connectivity index (χ3v) is 6.70. The lowest BCUT2D eigenvalue weighted by Crippen LogP contribution is -2.53. The van der Waals surface area contributed by atoms with Crippen LogP contribution in [0.25, 0.3) is 11.0 Å². The molecule has 1 aliphatic heterocycles. The van der Waals surface area contributed by atoms with Gasteiger partial charge in [0.15, 0.2) is 0 Å². The molecular weight excluding hydrogens is 342 g/mol. The minimum atomic E-state index is -3.63. The van der Waals surface area contributed by atoms with Gasteiger partial charge in [-0.15, -0.1) is 0 Å². The van der Waals surface area contributed by atoms with Gasteiger partial charge in [0.25, 0.3) is 0 Å². The zero-order valence-electron chi connectivity index (χ0n) is 14.3. The van der Waals surface area contributed by atoms with E-state index in [-0.39, 0.29) is 35.9 Å². The zero-order chi connectivity index (χ0) is 18.2. The molecule has 1 amide bonds. The maximum absolute atomic E-state index is 12.9. The molecule has 136 valence electrons. The van der Waals surface area contributed by atoms with Crippen LogP contribution < -0.4 is 5.73 Å². The molecular formula is C16H23N5O3S. The van der Waals surface area contributed by atoms with Crippen molar-refractivity contribution in [2.75, 3.05) is 26.2 Å². The van der Waals surface area contributed by atoms with Crippen molar-refractivity contribution in [3.8, 4) is 0 Å². The van der Waals surface area contributed by atoms with E-state index in [2.05, 4.69) is 9.97 Å². The average molecular weight is 365 g/mol. The number of fused-ring (bicyclic) bond motifs is 1. The van der Waals surface area contributed by atoms with Gasteiger partial charge in [-0.1, -0.05) is 6.92 Å². The number of aromatic nitrogens is 2. The summed E-state index contributed by atoms with van der Waals surface area (Å²) in [6, 6.07) is 3.21. The van der Waals surface area contributed by atoms with Gasteiger partial charge in [0.05, 0.1) is 5.92 Å². The van der Waals surface area contributed by atoms with Crippen molar-refractivity contribution in [3.05, 3.63) is 24.5 Å². The highest BCUT2D eigenvalue weighted by Crippen LogP contribution is 2.25. The molecule has 0 spiro atoms. The molecule has 1 aliphatic rings. The van der Waals surface area contributed by atoms with Gasteiger partial charge >= 0.3 is 0 Å². The summed E-state index contributed by atoms with van der Waals surface area (Å²) in [7, 11) is -3.63. The van der Waals surface area contributed by atoms with E-state index in [9.17, 15) is 13.2 Å². The first kappa shape index (κ1) is 17.8. The number of hydrogen-bond acceptors (Lipinski definition) is 5. The molecule has 2 unspecified atom stereocenters. The number of amides is 1. The molecule has 9 heteroatoms. The van der Waals surface area contributed by atoms with Crippen LogP contribution >= 0.6 is 0 Å². The number of carbonyl (C=O) groups excluding carboxylic acids is 1. The Kier molecular flexibility index (Phi) is 4.81. The van der Waals surface area contributed by atoms with E-state index in [1.807, 2.05) is 0 Å². The largest absolute Gasteiger partial charge is 0.345 e. The smallest absolute Gasteiger partial charge is 0.245 e. The number of nitrogens with zero attached hydrogens (tertiary/aromatic N) is 3. The van der Waals surface area contributed by atoms with Crippen LogP contribution in [0.4, 0.5) is 0 Å². The molecule has 3 N–H and O–H groups in total. The molecule has 3 heterocycles. The second-order valence-corrected chi connectivity index (χ2v) is 8.34. The van der Waals surface area contributed by atoms with Gasteiger partial charge in [0.1, 0.15) is 10.5 Å². The number of carbonyl (C=O) groups is 1. The molecule has 0 aliphatic carbocycles. The number of H-pyrrole nitrogens is 1. The highest BCUT2D eigenvalue weighted by Gasteiger charge is 2.33. The van der Waals surface area contributed by atoms with Gasteiger partial charge in [0.2, 0.25) is 15.9 Å². The van der Waals surface area contributed by atoms with E-state index in [0.29, 0.717) is 24.1 Å². The van der Waals surface area contributed by atoms with Gasteiger partial charge in [-0.2, -0.15) is 4.31 Å². The second-order valence-electron chi connectivity index (χ2n) is 6.43. The van der Waals surface area contributed by atoms with E-state index in [4.69, 9.17) is 5.73 Å². The summed E-state index contributed by atoms with van der Waals surface area (Å²) in [6.07, 6.45) is 3.09. The summed E-state index contributed by atoms with van der Waals surface area (Å²) in [5.74, 6) is -0.300. The normalized spacial score (nSPS) is 19.1. The van der Waals surface area contributed by atoms with Crippen LogP contribution in [-0.4, -0.2) is 65.7 Å². The topological polar surface area (TPSA) is 112 Å². The molecule has 2 aromatic heterocycles. The Morgan fingerprint density at radius 2 is 1.96 bits per heavy atom. The molecule has 0 radical (unpaired) electrons. The molecule has 25 heavy (non-hydrogen) atoms. The van der Waals surface area contributed by atoms with Crippen molar-refractivity contribution in [1.29, 1.82) is 0 Å². The van der Waals surface area contributed by atoms with E-state index in [1.54, 1.807) is 37.1 Å². The molecule has 1 fully saturated rings. The van der Waals surface area contributed by atoms with Crippen molar-refractivity contribution in [3.63, 3.8) is 0 Å². The van der Waals surface area contributed by atoms with Crippen LogP contribution in [0.15, 0.2) is 29.4 Å². The molecule has 8 nitrogen and oxygen atoms in total. The summed E-state index contributed by atoms with van der Waals surface area (Å²) >= 11 is 0. The van der Waals surface area contributed by atoms with Crippen molar-refractivity contribution >= 4 is 27.0 Å². The van der Waals surface area contributed by atoms with Crippen molar-refractivity contribution < 1.29 is 13.2 Å². The zero-order valence-corrected chi connectivity index (χ0v) is 15.2. The SMILES string of the molecule is CC(N)C(C)C(=O)N1CCN(S(=O)(=O)c2c[nH]c3ncccc23)CC1. The lowest BCUT2D eigenvalue weighted by molar-refractivity contribution is -0.136. The molecule has 0 saturated carbocycles. The lowest BCUT2D eigenvalue weighted by Gasteiger charge is -2.35. The minimum Gasteiger partial charge on any atom is -0.345 e. The molecule has 0 bridgehead atoms. The quantitative estimate of drug-likeness (QED) is 0.813. The van der Waals surface area contributed by atoms with E-state index >= 15 is 0 Å². The first-order valence-corrected chi connectivity index (χ1v) is 9.73. The number of rotatable bonds is 4. The number of nitrogens with two attached hydrogens (primary N) is 1. The summed E-state index contributed by atoms with van der Waals surface area (Å²) in [5, 5.41) is 0.576. The number of pyridine rings is 1. The van der Waals surface area contributed by atoms with E-state index in [1.165, 1.54) is 10.5 Å². The Morgan fingerprint density at radius 1 is 1.28 bits per heavy atom. The fourth-order valence-corrected chi connectivity index (χ4v) is 4.52. The van der Waals surface area contributed by atoms with Gasteiger partial charge < -0.3 is 15.6 Å². The number of aromatic amines is 1. The van der Waals surface area contributed by atoms with Gasteiger partial charge in [-0.3, -0.25) is 4.79 Å². The highest BCUT2D eigenvalue weighted by atomic mass is 32.2. The van der Waals surface area contributed by atoms with Crippen LogP contribution in [0.5, 0.6) is 0 Å². The lowest BCUT2D eigenvalue weighted by atomic mass is 10.0. The van der Waals surface area contributed by atoms with Gasteiger partial charge in [-0.05, 0) is 19.1 Å². The second kappa shape index (κ2) is 6.74. The van der Waals surface area contributed by atoms with Crippen molar-refractivity contribution in [2.45, 2.75) is 24.8 Å². The predicted octanol–water partition coefficient (Wildman–Crippen LogP) is 0.379. The van der Waals surface area contributed by atoms with E-state index in [0.717, 1.165) is 0 Å². The van der Waals surface area contributed by atoms with Crippen LogP contribution in [0.3, 0.4) is 0 Å². The molecule has 0 aromatic carbocycles. The third-order valence-electron chi connectivity index (χ3n) is 4.76. The number of piperazine rings is 1. The number of nitrogens with one attached hydrogen (secondary N) is 1. The van der Waals surface area contributed by atoms with Crippen LogP contribution in [-0.2, 0) is 14.8 Å². The summed E-state index contributed by atoms with van der Waals surface area (Å²) in [4.78, 5) is 21.3. The first-order valence-electron chi connectivity index (χ1n) is 8.29. The Labute approximate surface area is 147 Å².